The summed E-state index contributed by atoms with van der Waals surface area (Å²) in [5.74, 6) is 0.366. The molecular formula is C14H15NO3S. The number of hydrogen-bond acceptors (Lipinski definition) is 4. The van der Waals surface area contributed by atoms with Crippen LogP contribution in [0.2, 0.25) is 0 Å². The zero-order valence-electron chi connectivity index (χ0n) is 10.8. The van der Waals surface area contributed by atoms with Crippen molar-refractivity contribution in [1.29, 1.82) is 0 Å². The van der Waals surface area contributed by atoms with Crippen LogP contribution in [-0.4, -0.2) is 17.3 Å². The molecule has 2 amide bonds. The summed E-state index contributed by atoms with van der Waals surface area (Å²) < 4.78 is 5.80. The van der Waals surface area contributed by atoms with Crippen LogP contribution in [0.15, 0.2) is 29.2 Å². The van der Waals surface area contributed by atoms with Crippen molar-refractivity contribution < 1.29 is 14.3 Å². The zero-order valence-corrected chi connectivity index (χ0v) is 11.6. The van der Waals surface area contributed by atoms with E-state index in [1.165, 1.54) is 0 Å². The zero-order chi connectivity index (χ0) is 13.8. The molecule has 0 radical (unpaired) electrons. The minimum atomic E-state index is -0.353. The van der Waals surface area contributed by atoms with Crippen molar-refractivity contribution in [1.82, 2.24) is 5.32 Å². The largest absolute Gasteiger partial charge is 0.490 e. The predicted molar refractivity (Wildman–Crippen MR) is 75.9 cm³/mol. The second-order valence-corrected chi connectivity index (χ2v) is 5.24. The third-order valence-electron chi connectivity index (χ3n) is 2.75. The Kier molecular flexibility index (Phi) is 4.27. The van der Waals surface area contributed by atoms with E-state index >= 15 is 0 Å². The predicted octanol–water partition coefficient (Wildman–Crippen LogP) is 3.19. The van der Waals surface area contributed by atoms with E-state index in [1.54, 1.807) is 6.08 Å². The number of carbonyl (C=O) groups is 2. The van der Waals surface area contributed by atoms with Crippen LogP contribution in [0.5, 0.6) is 5.75 Å². The van der Waals surface area contributed by atoms with Crippen LogP contribution in [0.25, 0.3) is 6.08 Å². The van der Waals surface area contributed by atoms with Crippen molar-refractivity contribution in [2.24, 2.45) is 0 Å². The highest BCUT2D eigenvalue weighted by Gasteiger charge is 2.25. The van der Waals surface area contributed by atoms with Crippen LogP contribution in [-0.2, 0) is 4.79 Å². The molecule has 0 aliphatic carbocycles. The molecule has 0 unspecified atom stereocenters. The van der Waals surface area contributed by atoms with Crippen LogP contribution < -0.4 is 10.1 Å². The molecule has 1 fully saturated rings. The molecule has 0 saturated carbocycles. The van der Waals surface area contributed by atoms with Gasteiger partial charge in [0.15, 0.2) is 0 Å². The van der Waals surface area contributed by atoms with Gasteiger partial charge in [-0.3, -0.25) is 14.9 Å². The molecule has 1 aliphatic heterocycles. The van der Waals surface area contributed by atoms with Crippen molar-refractivity contribution in [3.63, 3.8) is 0 Å². The highest BCUT2D eigenvalue weighted by Crippen LogP contribution is 2.29. The van der Waals surface area contributed by atoms with Crippen molar-refractivity contribution in [2.45, 2.75) is 26.4 Å². The quantitative estimate of drug-likeness (QED) is 0.859. The molecule has 1 N–H and O–H groups in total. The van der Waals surface area contributed by atoms with E-state index in [4.69, 9.17) is 4.74 Å². The molecule has 19 heavy (non-hydrogen) atoms. The van der Waals surface area contributed by atoms with Crippen LogP contribution in [0.4, 0.5) is 4.79 Å². The number of rotatable bonds is 4. The minimum absolute atomic E-state index is 0.103. The summed E-state index contributed by atoms with van der Waals surface area (Å²) in [5, 5.41) is 1.90. The molecule has 0 bridgehead atoms. The van der Waals surface area contributed by atoms with Gasteiger partial charge in [-0.2, -0.15) is 0 Å². The van der Waals surface area contributed by atoms with Gasteiger partial charge in [-0.05, 0) is 37.2 Å². The fourth-order valence-electron chi connectivity index (χ4n) is 1.57. The second-order valence-electron chi connectivity index (χ2n) is 4.23. The molecular weight excluding hydrogens is 262 g/mol. The van der Waals surface area contributed by atoms with Crippen molar-refractivity contribution in [2.75, 3.05) is 0 Å². The first-order chi connectivity index (χ1) is 9.10. The number of benzene rings is 1. The van der Waals surface area contributed by atoms with Crippen LogP contribution in [0.1, 0.15) is 25.8 Å². The van der Waals surface area contributed by atoms with E-state index in [9.17, 15) is 9.59 Å². The highest BCUT2D eigenvalue weighted by atomic mass is 32.2. The number of amides is 2. The van der Waals surface area contributed by atoms with Gasteiger partial charge in [0.1, 0.15) is 5.75 Å². The Morgan fingerprint density at radius 2 is 2.11 bits per heavy atom. The van der Waals surface area contributed by atoms with E-state index in [0.717, 1.165) is 29.5 Å². The Balaban J connectivity index is 2.27. The third kappa shape index (κ3) is 3.38. The summed E-state index contributed by atoms with van der Waals surface area (Å²) in [4.78, 5) is 23.0. The summed E-state index contributed by atoms with van der Waals surface area (Å²) in [7, 11) is 0. The number of thioether (sulfide) groups is 1. The Morgan fingerprint density at radius 3 is 2.74 bits per heavy atom. The molecule has 1 aliphatic rings. The van der Waals surface area contributed by atoms with Crippen LogP contribution in [0, 0.1) is 0 Å². The Bertz CT molecular complexity index is 539. The maximum absolute atomic E-state index is 11.5. The lowest BCUT2D eigenvalue weighted by Crippen LogP contribution is -2.17. The molecule has 1 atom stereocenters. The van der Waals surface area contributed by atoms with Crippen molar-refractivity contribution in [3.05, 3.63) is 34.7 Å². The molecule has 0 spiro atoms. The second kappa shape index (κ2) is 5.93. The molecule has 1 saturated heterocycles. The average Bonchev–Trinajstić information content (AvgIpc) is 2.70. The first kappa shape index (κ1) is 13.7. The van der Waals surface area contributed by atoms with Gasteiger partial charge in [0.2, 0.25) is 0 Å². The van der Waals surface area contributed by atoms with Crippen LogP contribution >= 0.6 is 11.8 Å². The van der Waals surface area contributed by atoms with Gasteiger partial charge < -0.3 is 4.74 Å². The highest BCUT2D eigenvalue weighted by molar-refractivity contribution is 8.18. The number of nitrogens with one attached hydrogen (secondary N) is 1. The number of imide groups is 1. The van der Waals surface area contributed by atoms with Crippen molar-refractivity contribution in [3.8, 4) is 5.75 Å². The molecule has 1 aromatic carbocycles. The molecule has 0 aromatic heterocycles. The van der Waals surface area contributed by atoms with Gasteiger partial charge in [0.05, 0.1) is 11.0 Å². The van der Waals surface area contributed by atoms with Gasteiger partial charge in [-0.25, -0.2) is 0 Å². The van der Waals surface area contributed by atoms with Crippen molar-refractivity contribution >= 4 is 29.0 Å². The van der Waals surface area contributed by atoms with E-state index in [1.807, 2.05) is 38.1 Å². The molecule has 5 heteroatoms. The number of ether oxygens (including phenoxy) is 1. The summed E-state index contributed by atoms with van der Waals surface area (Å²) in [5.41, 5.74) is 0.801. The molecule has 1 aromatic rings. The smallest absolute Gasteiger partial charge is 0.290 e. The number of carbonyl (C=O) groups excluding carboxylic acids is 2. The van der Waals surface area contributed by atoms with E-state index in [2.05, 4.69) is 5.32 Å². The Labute approximate surface area is 116 Å². The fourth-order valence-corrected chi connectivity index (χ4v) is 2.24. The fraction of sp³-hybridized carbons (Fsp3) is 0.286. The SMILES string of the molecule is CC[C@H](C)Oc1ccccc1/C=C1/SC(=O)NC1=O. The topological polar surface area (TPSA) is 55.4 Å². The lowest BCUT2D eigenvalue weighted by Gasteiger charge is -2.14. The summed E-state index contributed by atoms with van der Waals surface area (Å²) in [6, 6.07) is 7.47. The maximum Gasteiger partial charge on any atom is 0.290 e. The molecule has 4 nitrogen and oxygen atoms in total. The lowest BCUT2D eigenvalue weighted by molar-refractivity contribution is -0.115. The standard InChI is InChI=1S/C14H15NO3S/c1-3-9(2)18-11-7-5-4-6-10(11)8-12-13(16)15-14(17)19-12/h4-9H,3H2,1-2H3,(H,15,16,17)/b12-8+/t9-/m0/s1. The molecule has 1 heterocycles. The summed E-state index contributed by atoms with van der Waals surface area (Å²) in [6.45, 7) is 4.04. The first-order valence-electron chi connectivity index (χ1n) is 6.10. The average molecular weight is 277 g/mol. The van der Waals surface area contributed by atoms with Gasteiger partial charge in [-0.15, -0.1) is 0 Å². The Morgan fingerprint density at radius 1 is 1.37 bits per heavy atom. The Hall–Kier alpha value is -1.75. The van der Waals surface area contributed by atoms with E-state index < -0.39 is 0 Å². The number of para-hydroxylation sites is 1. The lowest BCUT2D eigenvalue weighted by atomic mass is 10.1. The monoisotopic (exact) mass is 277 g/mol. The third-order valence-corrected chi connectivity index (χ3v) is 3.56. The molecule has 100 valence electrons. The van der Waals surface area contributed by atoms with Gasteiger partial charge in [-0.1, -0.05) is 25.1 Å². The van der Waals surface area contributed by atoms with Gasteiger partial charge in [0, 0.05) is 5.56 Å². The minimum Gasteiger partial charge on any atom is -0.490 e. The van der Waals surface area contributed by atoms with Gasteiger partial charge >= 0.3 is 0 Å². The maximum atomic E-state index is 11.5. The summed E-state index contributed by atoms with van der Waals surface area (Å²) in [6.07, 6.45) is 2.69. The number of hydrogen-bond donors (Lipinski definition) is 1. The van der Waals surface area contributed by atoms with E-state index in [0.29, 0.717) is 4.91 Å². The first-order valence-corrected chi connectivity index (χ1v) is 6.92. The normalized spacial score (nSPS) is 18.5. The van der Waals surface area contributed by atoms with E-state index in [-0.39, 0.29) is 17.3 Å². The van der Waals surface area contributed by atoms with Crippen LogP contribution in [0.3, 0.4) is 0 Å². The van der Waals surface area contributed by atoms with Gasteiger partial charge in [0.25, 0.3) is 11.1 Å². The summed E-state index contributed by atoms with van der Waals surface area (Å²) >= 11 is 0.908. The molecule has 2 rings (SSSR count).